The van der Waals surface area contributed by atoms with Crippen LogP contribution in [0, 0.1) is 12.3 Å². The van der Waals surface area contributed by atoms with Crippen LogP contribution < -0.4 is 5.73 Å². The molecule has 0 amide bonds. The monoisotopic (exact) mass is 379 g/mol. The first kappa shape index (κ1) is 18.4. The van der Waals surface area contributed by atoms with E-state index in [2.05, 4.69) is 0 Å². The summed E-state index contributed by atoms with van der Waals surface area (Å²) < 4.78 is 31.9. The maximum Gasteiger partial charge on any atom is 0.182 e. The van der Waals surface area contributed by atoms with Crippen molar-refractivity contribution < 1.29 is 13.2 Å². The Balaban J connectivity index is 2.05. The highest BCUT2D eigenvalue weighted by atomic mass is 35.5. The van der Waals surface area contributed by atoms with E-state index in [0.717, 1.165) is 11.1 Å². The molecule has 0 aromatic heterocycles. The number of methoxy groups -OCH3 is 1. The summed E-state index contributed by atoms with van der Waals surface area (Å²) in [7, 11) is -1.95. The van der Waals surface area contributed by atoms with Gasteiger partial charge in [-0.05, 0) is 36.8 Å². The molecule has 0 aliphatic heterocycles. The van der Waals surface area contributed by atoms with Crippen LogP contribution in [0.2, 0.25) is 5.02 Å². The molecule has 1 aliphatic rings. The van der Waals surface area contributed by atoms with Gasteiger partial charge in [0.2, 0.25) is 0 Å². The number of nitrogens with two attached hydrogens (primary N) is 1. The van der Waals surface area contributed by atoms with Gasteiger partial charge in [-0.15, -0.1) is 0 Å². The summed E-state index contributed by atoms with van der Waals surface area (Å²) in [6.45, 7) is 2.47. The van der Waals surface area contributed by atoms with Crippen LogP contribution in [0.3, 0.4) is 0 Å². The highest BCUT2D eigenvalue weighted by Crippen LogP contribution is 2.63. The lowest BCUT2D eigenvalue weighted by Gasteiger charge is -2.15. The van der Waals surface area contributed by atoms with Gasteiger partial charge in [-0.1, -0.05) is 41.4 Å². The quantitative estimate of drug-likeness (QED) is 0.836. The summed E-state index contributed by atoms with van der Waals surface area (Å²) in [6, 6.07) is 14.2. The minimum Gasteiger partial charge on any atom is -0.384 e. The summed E-state index contributed by atoms with van der Waals surface area (Å²) in [4.78, 5) is 0.327. The molecule has 2 aromatic rings. The minimum atomic E-state index is -3.52. The predicted molar refractivity (Wildman–Crippen MR) is 99.7 cm³/mol. The first-order valence-corrected chi connectivity index (χ1v) is 10.0. The van der Waals surface area contributed by atoms with Crippen molar-refractivity contribution in [2.45, 2.75) is 23.0 Å². The molecule has 2 N–H and O–H groups in total. The summed E-state index contributed by atoms with van der Waals surface area (Å²) in [6.07, 6.45) is 0. The molecule has 3 rings (SSSR count). The number of rotatable bonds is 6. The second-order valence-electron chi connectivity index (χ2n) is 6.68. The average molecular weight is 380 g/mol. The van der Waals surface area contributed by atoms with E-state index in [-0.39, 0.29) is 12.5 Å². The molecule has 0 bridgehead atoms. The Morgan fingerprint density at radius 3 is 2.24 bits per heavy atom. The highest BCUT2D eigenvalue weighted by Gasteiger charge is 2.70. The molecular weight excluding hydrogens is 358 g/mol. The third-order valence-corrected chi connectivity index (χ3v) is 7.68. The Morgan fingerprint density at radius 1 is 1.12 bits per heavy atom. The Bertz CT molecular complexity index is 849. The zero-order valence-electron chi connectivity index (χ0n) is 14.3. The van der Waals surface area contributed by atoms with Gasteiger partial charge in [0, 0.05) is 30.0 Å². The third kappa shape index (κ3) is 3.10. The lowest BCUT2D eigenvalue weighted by atomic mass is 10.0. The van der Waals surface area contributed by atoms with Gasteiger partial charge in [0.15, 0.2) is 9.84 Å². The second kappa shape index (κ2) is 6.72. The molecule has 0 spiro atoms. The van der Waals surface area contributed by atoms with Crippen molar-refractivity contribution in [3.63, 3.8) is 0 Å². The Kier molecular flexibility index (Phi) is 4.95. The van der Waals surface area contributed by atoms with Crippen LogP contribution in [-0.2, 0) is 14.6 Å². The van der Waals surface area contributed by atoms with E-state index in [0.29, 0.717) is 16.5 Å². The Morgan fingerprint density at radius 2 is 1.72 bits per heavy atom. The Labute approximate surface area is 153 Å². The topological polar surface area (TPSA) is 69.4 Å². The van der Waals surface area contributed by atoms with Crippen LogP contribution >= 0.6 is 11.6 Å². The number of ether oxygens (including phenoxy) is 1. The van der Waals surface area contributed by atoms with Crippen molar-refractivity contribution in [3.05, 3.63) is 64.7 Å². The first-order valence-electron chi connectivity index (χ1n) is 8.12. The molecule has 4 nitrogen and oxygen atoms in total. The van der Waals surface area contributed by atoms with Gasteiger partial charge in [0.25, 0.3) is 0 Å². The van der Waals surface area contributed by atoms with E-state index in [1.165, 1.54) is 0 Å². The van der Waals surface area contributed by atoms with Crippen molar-refractivity contribution in [2.75, 3.05) is 20.3 Å². The van der Waals surface area contributed by atoms with E-state index in [1.54, 1.807) is 31.4 Å². The fraction of sp³-hybridized carbons (Fsp3) is 0.368. The zero-order chi connectivity index (χ0) is 18.2. The number of hydrogen-bond donors (Lipinski definition) is 1. The van der Waals surface area contributed by atoms with Gasteiger partial charge >= 0.3 is 0 Å². The van der Waals surface area contributed by atoms with Crippen LogP contribution in [0.1, 0.15) is 17.0 Å². The molecule has 6 heteroatoms. The van der Waals surface area contributed by atoms with Crippen LogP contribution in [0.25, 0.3) is 0 Å². The Hall–Kier alpha value is -1.40. The SMILES string of the molecule is COC[C@@]1(CN)[C@H](S(=O)(=O)c2ccc(C)cc2)[C@@H]1c1ccc(Cl)cc1. The zero-order valence-corrected chi connectivity index (χ0v) is 15.8. The number of sulfone groups is 1. The number of benzene rings is 2. The molecule has 1 saturated carbocycles. The van der Waals surface area contributed by atoms with Gasteiger partial charge in [0.05, 0.1) is 16.8 Å². The van der Waals surface area contributed by atoms with E-state index < -0.39 is 20.5 Å². The van der Waals surface area contributed by atoms with Crippen molar-refractivity contribution in [3.8, 4) is 0 Å². The van der Waals surface area contributed by atoms with Crippen molar-refractivity contribution in [2.24, 2.45) is 11.1 Å². The summed E-state index contributed by atoms with van der Waals surface area (Å²) in [5, 5.41) is 0.0151. The number of hydrogen-bond acceptors (Lipinski definition) is 4. The standard InChI is InChI=1S/C19H22ClNO3S/c1-13-3-9-16(10-4-13)25(22,23)18-17(19(18,11-21)12-24-2)14-5-7-15(20)8-6-14/h3-10,17-18H,11-12,21H2,1-2H3/t17-,18+,19+/m0/s1. The normalized spacial score (nSPS) is 25.8. The van der Waals surface area contributed by atoms with Crippen LogP contribution in [0.15, 0.2) is 53.4 Å². The van der Waals surface area contributed by atoms with Crippen LogP contribution in [0.5, 0.6) is 0 Å². The minimum absolute atomic E-state index is 0.207. The maximum absolute atomic E-state index is 13.3. The summed E-state index contributed by atoms with van der Waals surface area (Å²) in [5.74, 6) is -0.207. The van der Waals surface area contributed by atoms with Crippen molar-refractivity contribution in [1.29, 1.82) is 0 Å². The molecule has 2 aromatic carbocycles. The summed E-state index contributed by atoms with van der Waals surface area (Å²) in [5.41, 5.74) is 7.36. The molecule has 0 saturated heterocycles. The van der Waals surface area contributed by atoms with Crippen molar-refractivity contribution >= 4 is 21.4 Å². The van der Waals surface area contributed by atoms with Gasteiger partial charge in [-0.25, -0.2) is 8.42 Å². The van der Waals surface area contributed by atoms with Gasteiger partial charge in [-0.2, -0.15) is 0 Å². The van der Waals surface area contributed by atoms with E-state index in [4.69, 9.17) is 22.1 Å². The van der Waals surface area contributed by atoms with E-state index >= 15 is 0 Å². The molecular formula is C19H22ClNO3S. The number of halogens is 1. The molecule has 0 heterocycles. The molecule has 134 valence electrons. The smallest absolute Gasteiger partial charge is 0.182 e. The number of aryl methyl sites for hydroxylation is 1. The van der Waals surface area contributed by atoms with E-state index in [1.807, 2.05) is 31.2 Å². The molecule has 25 heavy (non-hydrogen) atoms. The second-order valence-corrected chi connectivity index (χ2v) is 9.18. The van der Waals surface area contributed by atoms with Crippen LogP contribution in [-0.4, -0.2) is 33.9 Å². The molecule has 3 atom stereocenters. The van der Waals surface area contributed by atoms with Gasteiger partial charge < -0.3 is 10.5 Å². The predicted octanol–water partition coefficient (Wildman–Crippen LogP) is 3.18. The molecule has 0 unspecified atom stereocenters. The largest absolute Gasteiger partial charge is 0.384 e. The average Bonchev–Trinajstić information content (AvgIpc) is 3.26. The maximum atomic E-state index is 13.3. The third-order valence-electron chi connectivity index (χ3n) is 5.09. The molecule has 1 aliphatic carbocycles. The fourth-order valence-electron chi connectivity index (χ4n) is 3.74. The van der Waals surface area contributed by atoms with Gasteiger partial charge in [0.1, 0.15) is 0 Å². The lowest BCUT2D eigenvalue weighted by molar-refractivity contribution is 0.142. The highest BCUT2D eigenvalue weighted by molar-refractivity contribution is 7.92. The van der Waals surface area contributed by atoms with Crippen LogP contribution in [0.4, 0.5) is 0 Å². The first-order chi connectivity index (χ1) is 11.9. The van der Waals surface area contributed by atoms with Gasteiger partial charge in [-0.3, -0.25) is 0 Å². The van der Waals surface area contributed by atoms with Crippen molar-refractivity contribution in [1.82, 2.24) is 0 Å². The fourth-order valence-corrected chi connectivity index (χ4v) is 6.31. The molecule has 1 fully saturated rings. The van der Waals surface area contributed by atoms with E-state index in [9.17, 15) is 8.42 Å². The molecule has 0 radical (unpaired) electrons. The lowest BCUT2D eigenvalue weighted by Crippen LogP contribution is -2.28. The summed E-state index contributed by atoms with van der Waals surface area (Å²) >= 11 is 5.97.